The van der Waals surface area contributed by atoms with Crippen LogP contribution < -0.4 is 24.4 Å². The van der Waals surface area contributed by atoms with Gasteiger partial charge in [-0.2, -0.15) is 0 Å². The molecule has 0 aliphatic carbocycles. The van der Waals surface area contributed by atoms with E-state index in [1.807, 2.05) is 0 Å². The maximum Gasteiger partial charge on any atom is 0.573 e. The number of ether oxygens (including phenoxy) is 4. The van der Waals surface area contributed by atoms with E-state index in [0.29, 0.717) is 35.6 Å². The molecular formula is C32H33ClF4N2O6. The lowest BCUT2D eigenvalue weighted by atomic mass is 10.0. The summed E-state index contributed by atoms with van der Waals surface area (Å²) in [7, 11) is 1.44. The maximum atomic E-state index is 15.3. The first kappa shape index (κ1) is 33.7. The van der Waals surface area contributed by atoms with Crippen molar-refractivity contribution >= 4 is 34.9 Å². The molecule has 0 aromatic heterocycles. The number of carbonyl (C=O) groups excluding carboxylic acids is 2. The van der Waals surface area contributed by atoms with E-state index in [1.165, 1.54) is 36.3 Å². The van der Waals surface area contributed by atoms with Gasteiger partial charge in [0, 0.05) is 53.5 Å². The summed E-state index contributed by atoms with van der Waals surface area (Å²) in [6.45, 7) is 5.67. The second-order valence-electron chi connectivity index (χ2n) is 11.3. The minimum atomic E-state index is -4.92. The summed E-state index contributed by atoms with van der Waals surface area (Å²) >= 11 is 5.97. The molecule has 13 heteroatoms. The fraction of sp³-hybridized carbons (Fsp3) is 0.375. The van der Waals surface area contributed by atoms with E-state index in [4.69, 9.17) is 25.8 Å². The van der Waals surface area contributed by atoms with Crippen molar-refractivity contribution in [3.63, 3.8) is 0 Å². The van der Waals surface area contributed by atoms with Gasteiger partial charge in [0.2, 0.25) is 0 Å². The molecule has 1 N–H and O–H groups in total. The van der Waals surface area contributed by atoms with Gasteiger partial charge in [0.05, 0.1) is 19.4 Å². The third-order valence-electron chi connectivity index (χ3n) is 6.61. The van der Waals surface area contributed by atoms with Crippen molar-refractivity contribution in [3.8, 4) is 17.2 Å². The molecule has 45 heavy (non-hydrogen) atoms. The van der Waals surface area contributed by atoms with Crippen LogP contribution in [0.2, 0.25) is 5.02 Å². The van der Waals surface area contributed by atoms with E-state index in [1.54, 1.807) is 39.0 Å². The first-order valence-corrected chi connectivity index (χ1v) is 14.4. The van der Waals surface area contributed by atoms with Gasteiger partial charge in [-0.15, -0.1) is 13.2 Å². The molecule has 1 aliphatic heterocycles. The monoisotopic (exact) mass is 652 g/mol. The molecule has 0 radical (unpaired) electrons. The number of benzene rings is 3. The Balaban J connectivity index is 1.59. The molecule has 0 fully saturated rings. The molecule has 1 aliphatic rings. The van der Waals surface area contributed by atoms with Crippen molar-refractivity contribution in [1.82, 2.24) is 0 Å². The van der Waals surface area contributed by atoms with E-state index in [0.717, 1.165) is 12.1 Å². The van der Waals surface area contributed by atoms with Crippen molar-refractivity contribution in [1.29, 1.82) is 0 Å². The van der Waals surface area contributed by atoms with Crippen molar-refractivity contribution in [2.45, 2.75) is 58.0 Å². The third kappa shape index (κ3) is 9.40. The summed E-state index contributed by atoms with van der Waals surface area (Å²) in [6, 6.07) is 11.1. The summed E-state index contributed by atoms with van der Waals surface area (Å²) < 4.78 is 74.6. The molecule has 1 atom stereocenters. The van der Waals surface area contributed by atoms with Gasteiger partial charge in [-0.25, -0.2) is 4.39 Å². The normalized spacial score (nSPS) is 13.6. The quantitative estimate of drug-likeness (QED) is 0.130. The van der Waals surface area contributed by atoms with E-state index in [9.17, 15) is 22.8 Å². The molecule has 0 spiro atoms. The minimum Gasteiger partial charge on any atom is -0.497 e. The second-order valence-corrected chi connectivity index (χ2v) is 11.7. The fourth-order valence-corrected chi connectivity index (χ4v) is 4.93. The molecule has 0 saturated heterocycles. The molecule has 3 aromatic carbocycles. The highest BCUT2D eigenvalue weighted by Crippen LogP contribution is 2.37. The molecule has 0 saturated carbocycles. The SMILES string of the molecule is COc1cc(NC(C(=O)N2CCc3ccc(OC(F)(F)F)cc32)c2ccc(Cl)cc2F)cc(OCCCC(=O)OC(C)(C)C)c1. The zero-order valence-corrected chi connectivity index (χ0v) is 25.9. The molecule has 1 heterocycles. The Morgan fingerprint density at radius 3 is 2.40 bits per heavy atom. The number of hydrogen-bond donors (Lipinski definition) is 1. The van der Waals surface area contributed by atoms with Crippen molar-refractivity contribution in [2.75, 3.05) is 30.5 Å². The Labute approximate surface area is 263 Å². The minimum absolute atomic E-state index is 0.0387. The van der Waals surface area contributed by atoms with Crippen LogP contribution in [0, 0.1) is 5.82 Å². The predicted octanol–water partition coefficient (Wildman–Crippen LogP) is 7.63. The summed E-state index contributed by atoms with van der Waals surface area (Å²) in [5.74, 6) is -1.50. The molecule has 8 nitrogen and oxygen atoms in total. The van der Waals surface area contributed by atoms with Crippen LogP contribution in [0.15, 0.2) is 54.6 Å². The number of alkyl halides is 3. The Morgan fingerprint density at radius 2 is 1.73 bits per heavy atom. The lowest BCUT2D eigenvalue weighted by Crippen LogP contribution is -2.37. The van der Waals surface area contributed by atoms with Crippen LogP contribution in [-0.2, 0) is 20.7 Å². The summed E-state index contributed by atoms with van der Waals surface area (Å²) in [4.78, 5) is 27.4. The van der Waals surface area contributed by atoms with Gasteiger partial charge in [0.15, 0.2) is 0 Å². The first-order chi connectivity index (χ1) is 21.1. The van der Waals surface area contributed by atoms with Gasteiger partial charge in [-0.1, -0.05) is 23.7 Å². The zero-order chi connectivity index (χ0) is 32.9. The van der Waals surface area contributed by atoms with Gasteiger partial charge < -0.3 is 29.2 Å². The first-order valence-electron chi connectivity index (χ1n) is 14.1. The van der Waals surface area contributed by atoms with E-state index in [-0.39, 0.29) is 41.8 Å². The maximum absolute atomic E-state index is 15.3. The highest BCUT2D eigenvalue weighted by Gasteiger charge is 2.35. The Bertz CT molecular complexity index is 1540. The van der Waals surface area contributed by atoms with Crippen molar-refractivity contribution in [3.05, 3.63) is 76.6 Å². The highest BCUT2D eigenvalue weighted by atomic mass is 35.5. The van der Waals surface area contributed by atoms with Crippen LogP contribution in [0.25, 0.3) is 0 Å². The van der Waals surface area contributed by atoms with Crippen LogP contribution in [0.1, 0.15) is 50.8 Å². The van der Waals surface area contributed by atoms with E-state index >= 15 is 4.39 Å². The Hall–Kier alpha value is -4.19. The predicted molar refractivity (Wildman–Crippen MR) is 161 cm³/mol. The fourth-order valence-electron chi connectivity index (χ4n) is 4.77. The molecule has 1 amide bonds. The number of rotatable bonds is 11. The number of hydrogen-bond acceptors (Lipinski definition) is 7. The molecule has 0 bridgehead atoms. The number of methoxy groups -OCH3 is 1. The molecule has 1 unspecified atom stereocenters. The lowest BCUT2D eigenvalue weighted by Gasteiger charge is -2.27. The van der Waals surface area contributed by atoms with Crippen LogP contribution >= 0.6 is 11.6 Å². The number of amides is 1. The second kappa shape index (κ2) is 13.8. The number of fused-ring (bicyclic) bond motifs is 1. The Kier molecular flexibility index (Phi) is 10.4. The summed E-state index contributed by atoms with van der Waals surface area (Å²) in [5.41, 5.74) is 0.555. The number of esters is 1. The largest absolute Gasteiger partial charge is 0.573 e. The summed E-state index contributed by atoms with van der Waals surface area (Å²) in [6.07, 6.45) is -4.02. The molecule has 3 aromatic rings. The highest BCUT2D eigenvalue weighted by molar-refractivity contribution is 6.30. The van der Waals surface area contributed by atoms with Crippen LogP contribution in [0.4, 0.5) is 28.9 Å². The van der Waals surface area contributed by atoms with Gasteiger partial charge >= 0.3 is 12.3 Å². The smallest absolute Gasteiger partial charge is 0.497 e. The number of halogens is 5. The molecule has 242 valence electrons. The topological polar surface area (TPSA) is 86.3 Å². The van der Waals surface area contributed by atoms with E-state index < -0.39 is 35.5 Å². The van der Waals surface area contributed by atoms with Crippen LogP contribution in [0.5, 0.6) is 17.2 Å². The van der Waals surface area contributed by atoms with Crippen LogP contribution in [0.3, 0.4) is 0 Å². The lowest BCUT2D eigenvalue weighted by molar-refractivity contribution is -0.274. The van der Waals surface area contributed by atoms with Gasteiger partial charge in [0.1, 0.15) is 34.7 Å². The number of nitrogens with zero attached hydrogens (tertiary/aromatic N) is 1. The van der Waals surface area contributed by atoms with Gasteiger partial charge in [-0.05, 0) is 57.4 Å². The number of anilines is 2. The molecular weight excluding hydrogens is 620 g/mol. The van der Waals surface area contributed by atoms with Crippen LogP contribution in [-0.4, -0.2) is 44.1 Å². The summed E-state index contributed by atoms with van der Waals surface area (Å²) in [5, 5.41) is 3.16. The number of nitrogens with one attached hydrogen (secondary N) is 1. The Morgan fingerprint density at radius 1 is 1.00 bits per heavy atom. The average molecular weight is 653 g/mol. The number of carbonyl (C=O) groups is 2. The van der Waals surface area contributed by atoms with E-state index in [2.05, 4.69) is 10.1 Å². The standard InChI is InChI=1S/C32H33ClF4N2O6/c1-31(2,3)45-28(40)6-5-13-43-24-16-21(15-23(17-24)42-4)38-29(25-10-8-20(33)14-26(25)34)30(41)39-12-11-19-7-9-22(18-27(19)39)44-32(35,36)37/h7-10,14-18,29,38H,5-6,11-13H2,1-4H3. The van der Waals surface area contributed by atoms with Gasteiger partial charge in [0.25, 0.3) is 5.91 Å². The average Bonchev–Trinajstić information content (AvgIpc) is 3.35. The van der Waals surface area contributed by atoms with Crippen molar-refractivity contribution in [2.24, 2.45) is 0 Å². The molecule has 4 rings (SSSR count). The van der Waals surface area contributed by atoms with Crippen molar-refractivity contribution < 1.29 is 46.1 Å². The van der Waals surface area contributed by atoms with Gasteiger partial charge in [-0.3, -0.25) is 9.59 Å². The third-order valence-corrected chi connectivity index (χ3v) is 6.85. The zero-order valence-electron chi connectivity index (χ0n) is 25.1.